The normalized spacial score (nSPS) is 36.6. The topological polar surface area (TPSA) is 0 Å². The molecule has 0 aromatic heterocycles. The molecular weight excluding hydrogens is 388 g/mol. The Bertz CT molecular complexity index is 202. The summed E-state index contributed by atoms with van der Waals surface area (Å²) in [6, 6.07) is 1.31. The van der Waals surface area contributed by atoms with Crippen LogP contribution >= 0.6 is 45.9 Å². The SMILES string of the molecule is Br[Si](Br)(Br)CCCC1CC2CCC1C2. The van der Waals surface area contributed by atoms with E-state index in [0.29, 0.717) is 0 Å². The summed E-state index contributed by atoms with van der Waals surface area (Å²) in [5, 5.41) is 0. The summed E-state index contributed by atoms with van der Waals surface area (Å²) >= 11 is 11.1. The molecule has 2 aliphatic carbocycles. The first-order valence-corrected chi connectivity index (χ1v) is 14.6. The van der Waals surface area contributed by atoms with Crippen LogP contribution in [0, 0.1) is 17.8 Å². The maximum absolute atomic E-state index is 3.70. The monoisotopic (exact) mass is 402 g/mol. The van der Waals surface area contributed by atoms with Gasteiger partial charge >= 0.3 is 0 Å². The van der Waals surface area contributed by atoms with Crippen LogP contribution < -0.4 is 0 Å². The molecule has 0 aromatic rings. The number of halogens is 3. The maximum Gasteiger partial charge on any atom is 0.267 e. The highest BCUT2D eigenvalue weighted by atomic mass is 80.0. The van der Waals surface area contributed by atoms with Crippen molar-refractivity contribution in [1.82, 2.24) is 0 Å². The van der Waals surface area contributed by atoms with Crippen molar-refractivity contribution in [2.24, 2.45) is 17.8 Å². The van der Waals surface area contributed by atoms with E-state index in [9.17, 15) is 0 Å². The van der Waals surface area contributed by atoms with Gasteiger partial charge in [0.2, 0.25) is 0 Å². The Morgan fingerprint density at radius 3 is 2.36 bits per heavy atom. The summed E-state index contributed by atoms with van der Waals surface area (Å²) in [5.74, 6) is 3.30. The zero-order chi connectivity index (χ0) is 10.2. The largest absolute Gasteiger partial charge is 0.267 e. The first kappa shape index (κ1) is 12.1. The van der Waals surface area contributed by atoms with Gasteiger partial charge in [-0.25, -0.2) is 0 Å². The Morgan fingerprint density at radius 1 is 1.07 bits per heavy atom. The van der Waals surface area contributed by atoms with Crippen molar-refractivity contribution in [2.75, 3.05) is 0 Å². The molecule has 0 aliphatic heterocycles. The summed E-state index contributed by atoms with van der Waals surface area (Å²) in [6.45, 7) is 0. The van der Waals surface area contributed by atoms with Gasteiger partial charge in [0.25, 0.3) is 3.93 Å². The van der Waals surface area contributed by atoms with Gasteiger partial charge in [-0.05, 0) is 43.1 Å². The van der Waals surface area contributed by atoms with E-state index in [2.05, 4.69) is 45.9 Å². The Hall–Kier alpha value is 1.66. The third kappa shape index (κ3) is 3.32. The number of hydrogen-bond donors (Lipinski definition) is 0. The fourth-order valence-electron chi connectivity index (χ4n) is 3.29. The third-order valence-electron chi connectivity index (χ3n) is 3.92. The van der Waals surface area contributed by atoms with E-state index in [1.165, 1.54) is 31.7 Å². The highest BCUT2D eigenvalue weighted by molar-refractivity contribution is 9.72. The lowest BCUT2D eigenvalue weighted by molar-refractivity contribution is 0.312. The zero-order valence-electron chi connectivity index (χ0n) is 8.32. The van der Waals surface area contributed by atoms with Crippen molar-refractivity contribution in [3.05, 3.63) is 0 Å². The van der Waals surface area contributed by atoms with Crippen LogP contribution in [-0.4, -0.2) is 3.93 Å². The van der Waals surface area contributed by atoms with Gasteiger partial charge < -0.3 is 0 Å². The maximum atomic E-state index is 3.70. The molecule has 0 amide bonds. The highest BCUT2D eigenvalue weighted by Crippen LogP contribution is 2.50. The van der Waals surface area contributed by atoms with Gasteiger partial charge in [-0.3, -0.25) is 0 Å². The molecule has 0 radical (unpaired) electrons. The van der Waals surface area contributed by atoms with Crippen LogP contribution in [0.25, 0.3) is 0 Å². The molecular formula is C10H17Br3Si. The van der Waals surface area contributed by atoms with E-state index in [0.717, 1.165) is 17.8 Å². The average Bonchev–Trinajstić information content (AvgIpc) is 2.62. The minimum atomic E-state index is -1.31. The second-order valence-electron chi connectivity index (χ2n) is 4.94. The molecule has 2 aliphatic rings. The molecule has 2 bridgehead atoms. The first-order chi connectivity index (χ1) is 6.54. The fraction of sp³-hybridized carbons (Fsp3) is 1.00. The number of fused-ring (bicyclic) bond motifs is 2. The molecule has 14 heavy (non-hydrogen) atoms. The van der Waals surface area contributed by atoms with E-state index in [1.807, 2.05) is 0 Å². The van der Waals surface area contributed by atoms with Gasteiger partial charge in [-0.1, -0.05) is 65.1 Å². The number of hydrogen-bond acceptors (Lipinski definition) is 0. The van der Waals surface area contributed by atoms with Gasteiger partial charge in [-0.2, -0.15) is 0 Å². The van der Waals surface area contributed by atoms with Crippen molar-refractivity contribution in [3.8, 4) is 0 Å². The van der Waals surface area contributed by atoms with Crippen molar-refractivity contribution in [2.45, 2.75) is 44.6 Å². The predicted octanol–water partition coefficient (Wildman–Crippen LogP) is 5.33. The molecule has 3 atom stereocenters. The quantitative estimate of drug-likeness (QED) is 0.439. The first-order valence-electron chi connectivity index (χ1n) is 5.61. The van der Waals surface area contributed by atoms with Crippen molar-refractivity contribution in [3.63, 3.8) is 0 Å². The highest BCUT2D eigenvalue weighted by Gasteiger charge is 2.39. The third-order valence-corrected chi connectivity index (χ3v) is 8.41. The predicted molar refractivity (Wildman–Crippen MR) is 75.5 cm³/mol. The summed E-state index contributed by atoms with van der Waals surface area (Å²) in [6.07, 6.45) is 9.04. The van der Waals surface area contributed by atoms with Gasteiger partial charge in [0.05, 0.1) is 0 Å². The molecule has 2 fully saturated rings. The van der Waals surface area contributed by atoms with Gasteiger partial charge in [0.15, 0.2) is 0 Å². The lowest BCUT2D eigenvalue weighted by Crippen LogP contribution is -2.12. The Labute approximate surface area is 111 Å². The molecule has 2 rings (SSSR count). The average molecular weight is 405 g/mol. The van der Waals surface area contributed by atoms with Crippen LogP contribution in [0.1, 0.15) is 38.5 Å². The van der Waals surface area contributed by atoms with E-state index in [-0.39, 0.29) is 0 Å². The molecule has 0 heterocycles. The van der Waals surface area contributed by atoms with Crippen molar-refractivity contribution < 1.29 is 0 Å². The molecule has 82 valence electrons. The summed E-state index contributed by atoms with van der Waals surface area (Å²) in [7, 11) is 0. The molecule has 0 saturated heterocycles. The Morgan fingerprint density at radius 2 is 1.86 bits per heavy atom. The number of rotatable bonds is 4. The lowest BCUT2D eigenvalue weighted by atomic mass is 9.86. The molecule has 4 heteroatoms. The second kappa shape index (κ2) is 4.88. The van der Waals surface area contributed by atoms with Gasteiger partial charge in [-0.15, -0.1) is 0 Å². The summed E-state index contributed by atoms with van der Waals surface area (Å²) < 4.78 is -1.31. The molecule has 0 nitrogen and oxygen atoms in total. The van der Waals surface area contributed by atoms with Crippen LogP contribution in [0.3, 0.4) is 0 Å². The minimum Gasteiger partial charge on any atom is -0.0964 e. The fourth-order valence-corrected chi connectivity index (χ4v) is 6.42. The van der Waals surface area contributed by atoms with E-state index < -0.39 is 3.93 Å². The van der Waals surface area contributed by atoms with Crippen LogP contribution in [0.4, 0.5) is 0 Å². The van der Waals surface area contributed by atoms with E-state index in [4.69, 9.17) is 0 Å². The summed E-state index contributed by atoms with van der Waals surface area (Å²) in [4.78, 5) is 0. The van der Waals surface area contributed by atoms with E-state index in [1.54, 1.807) is 12.8 Å². The van der Waals surface area contributed by atoms with Crippen LogP contribution in [-0.2, 0) is 0 Å². The molecule has 0 aromatic carbocycles. The molecule has 2 saturated carbocycles. The molecule has 0 N–H and O–H groups in total. The molecule has 0 spiro atoms. The van der Waals surface area contributed by atoms with E-state index >= 15 is 0 Å². The van der Waals surface area contributed by atoms with Crippen molar-refractivity contribution >= 4 is 49.8 Å². The smallest absolute Gasteiger partial charge is 0.0964 e. The molecule has 3 unspecified atom stereocenters. The van der Waals surface area contributed by atoms with Crippen LogP contribution in [0.2, 0.25) is 6.04 Å². The second-order valence-corrected chi connectivity index (χ2v) is 28.4. The van der Waals surface area contributed by atoms with Crippen molar-refractivity contribution in [1.29, 1.82) is 0 Å². The summed E-state index contributed by atoms with van der Waals surface area (Å²) in [5.41, 5.74) is 0. The van der Waals surface area contributed by atoms with Gasteiger partial charge in [0.1, 0.15) is 0 Å². The van der Waals surface area contributed by atoms with Crippen LogP contribution in [0.15, 0.2) is 0 Å². The Kier molecular flexibility index (Phi) is 4.23. The lowest BCUT2D eigenvalue weighted by Gasteiger charge is -2.22. The zero-order valence-corrected chi connectivity index (χ0v) is 14.1. The Balaban J connectivity index is 1.67. The van der Waals surface area contributed by atoms with Gasteiger partial charge in [0, 0.05) is 0 Å². The van der Waals surface area contributed by atoms with Crippen LogP contribution in [0.5, 0.6) is 0 Å². The standard InChI is InChI=1S/C10H17Br3Si/c11-14(12,13)5-1-2-9-6-8-3-4-10(9)7-8/h8-10H,1-7H2. The minimum absolute atomic E-state index is 1.08.